The summed E-state index contributed by atoms with van der Waals surface area (Å²) in [5.74, 6) is 0.451. The van der Waals surface area contributed by atoms with Crippen LogP contribution in [0.15, 0.2) is 176 Å². The Morgan fingerprint density at radius 1 is 0.736 bits per heavy atom. The predicted octanol–water partition coefficient (Wildman–Crippen LogP) is 10.8. The molecule has 0 saturated carbocycles. The third-order valence-electron chi connectivity index (χ3n) is 11.8. The van der Waals surface area contributed by atoms with Crippen molar-refractivity contribution in [3.63, 3.8) is 0 Å². The molecule has 4 unspecified atom stereocenters. The average Bonchev–Trinajstić information content (AvgIpc) is 3.69. The second-order valence-corrected chi connectivity index (χ2v) is 14.7. The van der Waals surface area contributed by atoms with Crippen LogP contribution < -0.4 is 20.9 Å². The standard InChI is InChI=1S/C49H42N4/c1-52-45-27-15-25-41-46(45)53(48(52)35-20-9-4-10-21-35)44-26-14-13-24-40(44)49(41)39-23-12-11-22-37(39)38-30-29-36(32-42(38)49)43(31-28-33-16-5-2-6-17-33)51-47(50)34-18-7-3-8-19-34/h2-16,18-27,29-33,47-48,51H,17,28,50H2,1H3/b43-31-. The van der Waals surface area contributed by atoms with Crippen LogP contribution in [0, 0.1) is 5.92 Å². The van der Waals surface area contributed by atoms with E-state index in [0.29, 0.717) is 5.92 Å². The Kier molecular flexibility index (Phi) is 7.48. The number of para-hydroxylation sites is 2. The van der Waals surface area contributed by atoms with Crippen molar-refractivity contribution in [2.75, 3.05) is 16.8 Å². The quantitative estimate of drug-likeness (QED) is 0.164. The van der Waals surface area contributed by atoms with Gasteiger partial charge in [0.05, 0.1) is 16.8 Å². The van der Waals surface area contributed by atoms with Crippen molar-refractivity contribution in [1.82, 2.24) is 5.32 Å². The largest absolute Gasteiger partial charge is 0.366 e. The van der Waals surface area contributed by atoms with Gasteiger partial charge in [0.15, 0.2) is 0 Å². The molecule has 6 aromatic rings. The molecular weight excluding hydrogens is 645 g/mol. The smallest absolute Gasteiger partial charge is 0.132 e. The van der Waals surface area contributed by atoms with Crippen molar-refractivity contribution >= 4 is 22.8 Å². The normalized spacial score (nSPS) is 20.9. The van der Waals surface area contributed by atoms with Gasteiger partial charge in [0.2, 0.25) is 0 Å². The van der Waals surface area contributed by atoms with Crippen LogP contribution in [0.2, 0.25) is 0 Å². The minimum atomic E-state index is -0.518. The fourth-order valence-corrected chi connectivity index (χ4v) is 9.47. The molecule has 6 aromatic carbocycles. The Morgan fingerprint density at radius 3 is 2.25 bits per heavy atom. The van der Waals surface area contributed by atoms with Gasteiger partial charge in [0.1, 0.15) is 12.3 Å². The molecule has 0 saturated heterocycles. The maximum absolute atomic E-state index is 6.91. The molecule has 4 aliphatic rings. The molecular formula is C49H42N4. The second kappa shape index (κ2) is 12.5. The van der Waals surface area contributed by atoms with Gasteiger partial charge in [-0.1, -0.05) is 158 Å². The molecule has 4 heteroatoms. The third-order valence-corrected chi connectivity index (χ3v) is 11.8. The first-order chi connectivity index (χ1) is 26.1. The van der Waals surface area contributed by atoms with Crippen molar-refractivity contribution in [2.45, 2.75) is 30.6 Å². The molecule has 0 fully saturated rings. The molecule has 53 heavy (non-hydrogen) atoms. The highest BCUT2D eigenvalue weighted by Crippen LogP contribution is 2.66. The number of rotatable bonds is 7. The Morgan fingerprint density at radius 2 is 1.43 bits per heavy atom. The zero-order valence-electron chi connectivity index (χ0n) is 29.9. The molecule has 10 rings (SSSR count). The molecule has 0 aromatic heterocycles. The van der Waals surface area contributed by atoms with Gasteiger partial charge in [-0.2, -0.15) is 0 Å². The average molecular weight is 687 g/mol. The maximum atomic E-state index is 6.91. The summed E-state index contributed by atoms with van der Waals surface area (Å²) in [6.07, 6.45) is 12.9. The fraction of sp³-hybridized carbons (Fsp3) is 0.143. The van der Waals surface area contributed by atoms with Crippen LogP contribution in [0.4, 0.5) is 17.1 Å². The van der Waals surface area contributed by atoms with Crippen LogP contribution in [-0.2, 0) is 5.41 Å². The van der Waals surface area contributed by atoms with E-state index in [0.717, 1.165) is 29.7 Å². The topological polar surface area (TPSA) is 44.5 Å². The SMILES string of the molecule is CN1c2cccc3c2N(c2ccccc2C32c3ccccc3-c3ccc(/C(=C/CC4C=CC=CC4)NC(N)c4ccccc4)cc32)C1c1ccccc1. The number of hydrogen-bond donors (Lipinski definition) is 2. The fourth-order valence-electron chi connectivity index (χ4n) is 9.47. The van der Waals surface area contributed by atoms with Crippen molar-refractivity contribution in [2.24, 2.45) is 11.7 Å². The highest BCUT2D eigenvalue weighted by Gasteiger charge is 2.55. The summed E-state index contributed by atoms with van der Waals surface area (Å²) in [5.41, 5.74) is 22.6. The number of nitrogens with zero attached hydrogens (tertiary/aromatic N) is 2. The second-order valence-electron chi connectivity index (χ2n) is 14.7. The lowest BCUT2D eigenvalue weighted by Gasteiger charge is -2.45. The summed E-state index contributed by atoms with van der Waals surface area (Å²) >= 11 is 0. The number of nitrogens with one attached hydrogen (secondary N) is 1. The van der Waals surface area contributed by atoms with Gasteiger partial charge in [0, 0.05) is 18.4 Å². The molecule has 2 heterocycles. The third kappa shape index (κ3) is 4.79. The minimum Gasteiger partial charge on any atom is -0.366 e. The predicted molar refractivity (Wildman–Crippen MR) is 219 cm³/mol. The van der Waals surface area contributed by atoms with Gasteiger partial charge >= 0.3 is 0 Å². The number of hydrogen-bond acceptors (Lipinski definition) is 4. The van der Waals surface area contributed by atoms with E-state index in [4.69, 9.17) is 5.73 Å². The van der Waals surface area contributed by atoms with Crippen molar-refractivity contribution in [1.29, 1.82) is 0 Å². The Bertz CT molecular complexity index is 2440. The van der Waals surface area contributed by atoms with Crippen LogP contribution in [0.1, 0.15) is 64.1 Å². The number of anilines is 3. The molecule has 0 radical (unpaired) electrons. The first-order valence-electron chi connectivity index (χ1n) is 18.8. The summed E-state index contributed by atoms with van der Waals surface area (Å²) < 4.78 is 0. The molecule has 258 valence electrons. The summed E-state index contributed by atoms with van der Waals surface area (Å²) in [7, 11) is 2.24. The highest BCUT2D eigenvalue weighted by molar-refractivity contribution is 5.99. The Labute approximate surface area is 312 Å². The van der Waals surface area contributed by atoms with E-state index in [1.165, 1.54) is 56.0 Å². The number of benzene rings is 6. The lowest BCUT2D eigenvalue weighted by molar-refractivity contribution is 0.648. The monoisotopic (exact) mass is 686 g/mol. The van der Waals surface area contributed by atoms with E-state index in [1.807, 2.05) is 6.07 Å². The van der Waals surface area contributed by atoms with Crippen LogP contribution in [0.3, 0.4) is 0 Å². The minimum absolute atomic E-state index is 0.0372. The summed E-state index contributed by atoms with van der Waals surface area (Å²) in [6, 6.07) is 53.5. The summed E-state index contributed by atoms with van der Waals surface area (Å²) in [4.78, 5) is 5.04. The van der Waals surface area contributed by atoms with Gasteiger partial charge in [-0.05, 0) is 87.0 Å². The molecule has 3 N–H and O–H groups in total. The Hall–Kier alpha value is -6.10. The van der Waals surface area contributed by atoms with E-state index >= 15 is 0 Å². The van der Waals surface area contributed by atoms with Crippen LogP contribution in [0.5, 0.6) is 0 Å². The molecule has 2 aliphatic heterocycles. The summed E-state index contributed by atoms with van der Waals surface area (Å²) in [5, 5.41) is 3.77. The molecule has 0 amide bonds. The van der Waals surface area contributed by atoms with Crippen LogP contribution >= 0.6 is 0 Å². The zero-order valence-corrected chi connectivity index (χ0v) is 29.9. The highest BCUT2D eigenvalue weighted by atomic mass is 15.4. The number of nitrogens with two attached hydrogens (primary N) is 1. The van der Waals surface area contributed by atoms with E-state index in [2.05, 4.69) is 192 Å². The van der Waals surface area contributed by atoms with Crippen molar-refractivity contribution in [3.8, 4) is 11.1 Å². The first-order valence-corrected chi connectivity index (χ1v) is 18.8. The maximum Gasteiger partial charge on any atom is 0.132 e. The molecule has 1 spiro atoms. The van der Waals surface area contributed by atoms with Crippen LogP contribution in [-0.4, -0.2) is 7.05 Å². The molecule has 0 bridgehead atoms. The first kappa shape index (κ1) is 31.6. The van der Waals surface area contributed by atoms with Gasteiger partial charge in [-0.25, -0.2) is 0 Å². The molecule has 2 aliphatic carbocycles. The lowest BCUT2D eigenvalue weighted by Crippen LogP contribution is -2.39. The summed E-state index contributed by atoms with van der Waals surface area (Å²) in [6.45, 7) is 0. The van der Waals surface area contributed by atoms with Gasteiger partial charge in [0.25, 0.3) is 0 Å². The van der Waals surface area contributed by atoms with E-state index in [-0.39, 0.29) is 12.3 Å². The Balaban J connectivity index is 1.19. The van der Waals surface area contributed by atoms with E-state index in [9.17, 15) is 0 Å². The van der Waals surface area contributed by atoms with E-state index in [1.54, 1.807) is 0 Å². The number of allylic oxidation sites excluding steroid dienone is 5. The lowest BCUT2D eigenvalue weighted by atomic mass is 9.64. The molecule has 4 nitrogen and oxygen atoms in total. The van der Waals surface area contributed by atoms with Gasteiger partial charge in [-0.3, -0.25) is 0 Å². The van der Waals surface area contributed by atoms with Crippen molar-refractivity contribution in [3.05, 3.63) is 215 Å². The van der Waals surface area contributed by atoms with Gasteiger partial charge in [-0.15, -0.1) is 0 Å². The zero-order chi connectivity index (χ0) is 35.5. The molecule has 4 atom stereocenters. The number of fused-ring (bicyclic) bond motifs is 9. The van der Waals surface area contributed by atoms with Crippen LogP contribution in [0.25, 0.3) is 16.8 Å². The van der Waals surface area contributed by atoms with Crippen molar-refractivity contribution < 1.29 is 0 Å². The van der Waals surface area contributed by atoms with E-state index < -0.39 is 5.41 Å². The van der Waals surface area contributed by atoms with Gasteiger partial charge < -0.3 is 20.9 Å².